The predicted molar refractivity (Wildman–Crippen MR) is 116 cm³/mol. The van der Waals surface area contributed by atoms with Crippen LogP contribution in [-0.4, -0.2) is 17.0 Å². The Kier molecular flexibility index (Phi) is 10.9. The van der Waals surface area contributed by atoms with E-state index in [1.165, 1.54) is 0 Å². The summed E-state index contributed by atoms with van der Waals surface area (Å²) in [5.74, 6) is -0.0314. The molecule has 1 saturated carbocycles. The van der Waals surface area contributed by atoms with E-state index >= 15 is 4.39 Å². The van der Waals surface area contributed by atoms with Gasteiger partial charge in [0.1, 0.15) is 17.0 Å². The molecule has 0 heterocycles. The number of alkyl halides is 3. The Morgan fingerprint density at radius 3 is 1.89 bits per heavy atom. The molecule has 1 fully saturated rings. The van der Waals surface area contributed by atoms with Crippen molar-refractivity contribution < 1.29 is 13.2 Å². The summed E-state index contributed by atoms with van der Waals surface area (Å²) in [6, 6.07) is 0. The van der Waals surface area contributed by atoms with Crippen LogP contribution >= 0.6 is 0 Å². The van der Waals surface area contributed by atoms with Crippen LogP contribution in [-0.2, 0) is 0 Å². The molecular weight excluding hydrogens is 357 g/mol. The molecule has 3 heteroatoms. The average molecular weight is 405 g/mol. The molecule has 0 N–H and O–H groups in total. The highest BCUT2D eigenvalue weighted by Crippen LogP contribution is 2.45. The normalized spacial score (nSPS) is 22.6. The number of halogens is 3. The van der Waals surface area contributed by atoms with Gasteiger partial charge >= 0.3 is 0 Å². The molecular formula is C25H47F3. The van der Waals surface area contributed by atoms with Gasteiger partial charge in [-0.15, -0.1) is 0 Å². The van der Waals surface area contributed by atoms with Crippen molar-refractivity contribution in [3.8, 4) is 0 Å². The maximum atomic E-state index is 16.4. The molecule has 3 atom stereocenters. The molecule has 0 radical (unpaired) electrons. The summed E-state index contributed by atoms with van der Waals surface area (Å²) in [5, 5.41) is 0. The van der Waals surface area contributed by atoms with Gasteiger partial charge < -0.3 is 0 Å². The van der Waals surface area contributed by atoms with Gasteiger partial charge in [0.15, 0.2) is 0 Å². The molecule has 168 valence electrons. The first kappa shape index (κ1) is 25.8. The quantitative estimate of drug-likeness (QED) is 0.270. The summed E-state index contributed by atoms with van der Waals surface area (Å²) in [6.07, 6.45) is 11.0. The van der Waals surface area contributed by atoms with Gasteiger partial charge in [0.2, 0.25) is 0 Å². The van der Waals surface area contributed by atoms with Gasteiger partial charge in [-0.1, -0.05) is 66.2 Å². The Morgan fingerprint density at radius 1 is 0.821 bits per heavy atom. The molecule has 3 unspecified atom stereocenters. The van der Waals surface area contributed by atoms with E-state index in [4.69, 9.17) is 0 Å². The van der Waals surface area contributed by atoms with Gasteiger partial charge in [0.25, 0.3) is 0 Å². The second-order valence-corrected chi connectivity index (χ2v) is 9.77. The zero-order chi connectivity index (χ0) is 21.3. The van der Waals surface area contributed by atoms with Gasteiger partial charge in [0.05, 0.1) is 0 Å². The second-order valence-electron chi connectivity index (χ2n) is 9.77. The lowest BCUT2D eigenvalue weighted by atomic mass is 9.69. The highest BCUT2D eigenvalue weighted by molar-refractivity contribution is 4.93. The molecule has 0 aromatic rings. The number of hydrogen-bond donors (Lipinski definition) is 0. The van der Waals surface area contributed by atoms with Crippen molar-refractivity contribution >= 4 is 0 Å². The third-order valence-corrected chi connectivity index (χ3v) is 7.76. The van der Waals surface area contributed by atoms with Crippen LogP contribution in [0.15, 0.2) is 0 Å². The van der Waals surface area contributed by atoms with E-state index in [1.54, 1.807) is 6.92 Å². The monoisotopic (exact) mass is 404 g/mol. The summed E-state index contributed by atoms with van der Waals surface area (Å²) in [6.45, 7) is 9.69. The van der Waals surface area contributed by atoms with Gasteiger partial charge in [0, 0.05) is 0 Å². The summed E-state index contributed by atoms with van der Waals surface area (Å²) in [4.78, 5) is 0. The number of rotatable bonds is 14. The zero-order valence-corrected chi connectivity index (χ0v) is 19.4. The smallest absolute Gasteiger partial charge is 0.116 e. The standard InChI is InChI=1S/C25H47F3/c1-6-21(7-2)25(28,20-14-16-23(5,26)9-4)22(8-3)15-13-19-24(27)17-11-10-12-18-24/h21-22H,6-20H2,1-5H3. The molecule has 1 aliphatic carbocycles. The van der Waals surface area contributed by atoms with Gasteiger partial charge in [-0.05, 0) is 76.5 Å². The minimum absolute atomic E-state index is 0.0129. The molecule has 0 aromatic heterocycles. The third-order valence-electron chi connectivity index (χ3n) is 7.76. The Hall–Kier alpha value is -0.210. The first-order valence-electron chi connectivity index (χ1n) is 12.2. The summed E-state index contributed by atoms with van der Waals surface area (Å²) < 4.78 is 45.7. The topological polar surface area (TPSA) is 0 Å². The van der Waals surface area contributed by atoms with Crippen molar-refractivity contribution in [1.29, 1.82) is 0 Å². The molecule has 0 aromatic carbocycles. The molecule has 1 rings (SSSR count). The van der Waals surface area contributed by atoms with Crippen LogP contribution in [0, 0.1) is 11.8 Å². The van der Waals surface area contributed by atoms with Crippen LogP contribution in [0.2, 0.25) is 0 Å². The van der Waals surface area contributed by atoms with Crippen molar-refractivity contribution in [2.45, 2.75) is 148 Å². The van der Waals surface area contributed by atoms with Gasteiger partial charge in [-0.25, -0.2) is 13.2 Å². The largest absolute Gasteiger partial charge is 0.244 e. The molecule has 0 aliphatic heterocycles. The summed E-state index contributed by atoms with van der Waals surface area (Å²) in [5.41, 5.74) is -3.46. The van der Waals surface area contributed by atoms with E-state index in [1.807, 2.05) is 6.92 Å². The Labute approximate surface area is 173 Å². The lowest BCUT2D eigenvalue weighted by Crippen LogP contribution is -2.41. The third kappa shape index (κ3) is 7.56. The highest BCUT2D eigenvalue weighted by atomic mass is 19.2. The van der Waals surface area contributed by atoms with Gasteiger partial charge in [-0.3, -0.25) is 0 Å². The average Bonchev–Trinajstić information content (AvgIpc) is 2.66. The molecule has 1 aliphatic rings. The van der Waals surface area contributed by atoms with E-state index in [2.05, 4.69) is 20.8 Å². The fourth-order valence-electron chi connectivity index (χ4n) is 5.50. The van der Waals surface area contributed by atoms with Crippen LogP contribution in [0.1, 0.15) is 131 Å². The lowest BCUT2D eigenvalue weighted by molar-refractivity contribution is -0.0131. The first-order valence-corrected chi connectivity index (χ1v) is 12.2. The van der Waals surface area contributed by atoms with E-state index in [9.17, 15) is 8.78 Å². The summed E-state index contributed by atoms with van der Waals surface area (Å²) >= 11 is 0. The second kappa shape index (κ2) is 11.8. The molecule has 0 saturated heterocycles. The molecule has 28 heavy (non-hydrogen) atoms. The Bertz CT molecular complexity index is 410. The Balaban J connectivity index is 2.75. The van der Waals surface area contributed by atoms with Crippen LogP contribution < -0.4 is 0 Å². The lowest BCUT2D eigenvalue weighted by Gasteiger charge is -2.40. The van der Waals surface area contributed by atoms with Crippen molar-refractivity contribution in [3.63, 3.8) is 0 Å². The van der Waals surface area contributed by atoms with Crippen LogP contribution in [0.4, 0.5) is 13.2 Å². The van der Waals surface area contributed by atoms with Gasteiger partial charge in [-0.2, -0.15) is 0 Å². The highest BCUT2D eigenvalue weighted by Gasteiger charge is 2.43. The SMILES string of the molecule is CCC(CC)C(F)(CCCC(C)(F)CC)C(CC)CCCC1(F)CCCCC1. The molecule has 0 nitrogen and oxygen atoms in total. The van der Waals surface area contributed by atoms with E-state index in [0.29, 0.717) is 44.9 Å². The molecule has 0 spiro atoms. The molecule has 0 amide bonds. The van der Waals surface area contributed by atoms with Crippen LogP contribution in [0.25, 0.3) is 0 Å². The first-order chi connectivity index (χ1) is 13.2. The zero-order valence-electron chi connectivity index (χ0n) is 19.4. The number of hydrogen-bond acceptors (Lipinski definition) is 0. The minimum atomic E-state index is -1.25. The Morgan fingerprint density at radius 2 is 1.39 bits per heavy atom. The van der Waals surface area contributed by atoms with E-state index < -0.39 is 17.0 Å². The van der Waals surface area contributed by atoms with Crippen molar-refractivity contribution in [3.05, 3.63) is 0 Å². The fourth-order valence-corrected chi connectivity index (χ4v) is 5.50. The fraction of sp³-hybridized carbons (Fsp3) is 1.00. The van der Waals surface area contributed by atoms with Crippen LogP contribution in [0.5, 0.6) is 0 Å². The molecule has 0 bridgehead atoms. The summed E-state index contributed by atoms with van der Waals surface area (Å²) in [7, 11) is 0. The minimum Gasteiger partial charge on any atom is -0.244 e. The predicted octanol–water partition coefficient (Wildman–Crippen LogP) is 9.31. The van der Waals surface area contributed by atoms with Crippen molar-refractivity contribution in [2.24, 2.45) is 11.8 Å². The van der Waals surface area contributed by atoms with E-state index in [0.717, 1.165) is 51.4 Å². The van der Waals surface area contributed by atoms with E-state index in [-0.39, 0.29) is 11.8 Å². The van der Waals surface area contributed by atoms with Crippen molar-refractivity contribution in [2.75, 3.05) is 0 Å². The maximum absolute atomic E-state index is 16.4. The maximum Gasteiger partial charge on any atom is 0.116 e. The van der Waals surface area contributed by atoms with Crippen LogP contribution in [0.3, 0.4) is 0 Å². The van der Waals surface area contributed by atoms with Crippen molar-refractivity contribution in [1.82, 2.24) is 0 Å².